The van der Waals surface area contributed by atoms with Crippen LogP contribution in [0, 0.1) is 0 Å². The molecule has 0 radical (unpaired) electrons. The maximum atomic E-state index is 12.4. The minimum absolute atomic E-state index is 0. The van der Waals surface area contributed by atoms with Crippen LogP contribution in [-0.2, 0) is 6.54 Å². The van der Waals surface area contributed by atoms with Crippen LogP contribution in [0.1, 0.15) is 25.3 Å². The van der Waals surface area contributed by atoms with Crippen LogP contribution in [0.4, 0.5) is 13.2 Å². The molecule has 26 heavy (non-hydrogen) atoms. The van der Waals surface area contributed by atoms with Crippen molar-refractivity contribution in [2.75, 3.05) is 26.0 Å². The summed E-state index contributed by atoms with van der Waals surface area (Å²) in [5.41, 5.74) is 0.649. The van der Waals surface area contributed by atoms with Crippen LogP contribution in [0.15, 0.2) is 29.3 Å². The van der Waals surface area contributed by atoms with Gasteiger partial charge in [-0.2, -0.15) is 24.9 Å². The zero-order valence-corrected chi connectivity index (χ0v) is 18.0. The van der Waals surface area contributed by atoms with Gasteiger partial charge in [-0.15, -0.1) is 24.0 Å². The van der Waals surface area contributed by atoms with Gasteiger partial charge in [-0.05, 0) is 31.6 Å². The summed E-state index contributed by atoms with van der Waals surface area (Å²) in [7, 11) is 1.67. The van der Waals surface area contributed by atoms with Crippen molar-refractivity contribution in [3.05, 3.63) is 29.8 Å². The molecule has 0 saturated carbocycles. The average Bonchev–Trinajstić information content (AvgIpc) is 3.00. The molecule has 2 rings (SSSR count). The number of hydrogen-bond donors (Lipinski definition) is 2. The van der Waals surface area contributed by atoms with E-state index >= 15 is 0 Å². The van der Waals surface area contributed by atoms with E-state index in [1.165, 1.54) is 18.2 Å². The fraction of sp³-hybridized carbons (Fsp3) is 0.588. The molecule has 2 N–H and O–H groups in total. The number of halogens is 4. The summed E-state index contributed by atoms with van der Waals surface area (Å²) in [6.07, 6.45) is -1.97. The zero-order chi connectivity index (χ0) is 18.3. The second-order valence-electron chi connectivity index (χ2n) is 6.19. The second kappa shape index (κ2) is 10.5. The lowest BCUT2D eigenvalue weighted by Gasteiger charge is -2.24. The maximum absolute atomic E-state index is 12.4. The monoisotopic (exact) mass is 503 g/mol. The Bertz CT molecular complexity index is 593. The summed E-state index contributed by atoms with van der Waals surface area (Å²) < 4.78 is 42.2. The first-order chi connectivity index (χ1) is 11.8. The molecule has 1 unspecified atom stereocenters. The first-order valence-corrected chi connectivity index (χ1v) is 9.16. The van der Waals surface area contributed by atoms with Gasteiger partial charge < -0.3 is 15.4 Å². The van der Waals surface area contributed by atoms with Gasteiger partial charge in [0.25, 0.3) is 0 Å². The van der Waals surface area contributed by atoms with E-state index in [0.29, 0.717) is 18.1 Å². The van der Waals surface area contributed by atoms with Crippen molar-refractivity contribution in [2.45, 2.75) is 37.2 Å². The van der Waals surface area contributed by atoms with Crippen molar-refractivity contribution in [1.29, 1.82) is 0 Å². The second-order valence-corrected chi connectivity index (χ2v) is 7.88. The summed E-state index contributed by atoms with van der Waals surface area (Å²) in [5.74, 6) is 2.02. The largest absolute Gasteiger partial charge is 0.484 e. The Kier molecular flexibility index (Phi) is 9.35. The predicted octanol–water partition coefficient (Wildman–Crippen LogP) is 4.20. The lowest BCUT2D eigenvalue weighted by Crippen LogP contribution is -2.43. The van der Waals surface area contributed by atoms with Crippen molar-refractivity contribution in [1.82, 2.24) is 10.6 Å². The van der Waals surface area contributed by atoms with Gasteiger partial charge in [0, 0.05) is 30.4 Å². The molecule has 1 aromatic carbocycles. The molecular formula is C17H25F3IN3OS. The van der Waals surface area contributed by atoms with Gasteiger partial charge in [0.05, 0.1) is 0 Å². The van der Waals surface area contributed by atoms with E-state index in [-0.39, 0.29) is 34.5 Å². The van der Waals surface area contributed by atoms with Crippen LogP contribution in [-0.4, -0.2) is 42.8 Å². The Balaban J connectivity index is 0.00000338. The quantitative estimate of drug-likeness (QED) is 0.347. The highest BCUT2D eigenvalue weighted by atomic mass is 127. The molecule has 0 aromatic heterocycles. The third kappa shape index (κ3) is 7.81. The number of aliphatic imine (C=N–C) groups is 1. The van der Waals surface area contributed by atoms with E-state index < -0.39 is 12.8 Å². The molecule has 9 heteroatoms. The number of benzene rings is 1. The molecule has 1 atom stereocenters. The lowest BCUT2D eigenvalue weighted by atomic mass is 10.1. The fourth-order valence-corrected chi connectivity index (χ4v) is 3.84. The molecule has 0 bridgehead atoms. The normalized spacial score (nSPS) is 20.4. The molecule has 0 aliphatic carbocycles. The van der Waals surface area contributed by atoms with Gasteiger partial charge in [-0.3, -0.25) is 4.99 Å². The third-order valence-corrected chi connectivity index (χ3v) is 5.50. The predicted molar refractivity (Wildman–Crippen MR) is 112 cm³/mol. The number of rotatable bonds is 6. The Morgan fingerprint density at radius 3 is 2.65 bits per heavy atom. The van der Waals surface area contributed by atoms with Crippen LogP contribution >= 0.6 is 35.7 Å². The molecule has 1 heterocycles. The Labute approximate surface area is 173 Å². The van der Waals surface area contributed by atoms with Gasteiger partial charge in [0.2, 0.25) is 0 Å². The molecule has 1 aliphatic rings. The van der Waals surface area contributed by atoms with Gasteiger partial charge in [0.1, 0.15) is 5.75 Å². The highest BCUT2D eigenvalue weighted by Gasteiger charge is 2.30. The van der Waals surface area contributed by atoms with Crippen LogP contribution in [0.2, 0.25) is 0 Å². The fourth-order valence-electron chi connectivity index (χ4n) is 2.60. The maximum Gasteiger partial charge on any atom is 0.422 e. The molecule has 1 aliphatic heterocycles. The van der Waals surface area contributed by atoms with Crippen LogP contribution in [0.3, 0.4) is 0 Å². The highest BCUT2D eigenvalue weighted by molar-refractivity contribution is 14.0. The van der Waals surface area contributed by atoms with Crippen LogP contribution in [0.5, 0.6) is 5.75 Å². The molecule has 0 amide bonds. The van der Waals surface area contributed by atoms with Gasteiger partial charge in [-0.1, -0.05) is 18.2 Å². The van der Waals surface area contributed by atoms with E-state index in [1.807, 2.05) is 11.8 Å². The standard InChI is InChI=1S/C17H24F3N3OS.HI/c1-16(8-5-9-25-16)11-23-15(21-2)22-10-13-6-3-4-7-14(13)24-12-17(18,19)20;/h3-4,6-7H,5,8-12H2,1-2H3,(H2,21,22,23);1H. The van der Waals surface area contributed by atoms with E-state index in [4.69, 9.17) is 4.74 Å². The number of thioether (sulfide) groups is 1. The molecule has 148 valence electrons. The summed E-state index contributed by atoms with van der Waals surface area (Å²) >= 11 is 1.95. The Morgan fingerprint density at radius 1 is 1.31 bits per heavy atom. The average molecular weight is 503 g/mol. The van der Waals surface area contributed by atoms with Crippen LogP contribution in [0.25, 0.3) is 0 Å². The number of hydrogen-bond acceptors (Lipinski definition) is 3. The van der Waals surface area contributed by atoms with E-state index in [0.717, 1.165) is 13.0 Å². The third-order valence-electron chi connectivity index (χ3n) is 3.96. The first-order valence-electron chi connectivity index (χ1n) is 8.17. The summed E-state index contributed by atoms with van der Waals surface area (Å²) in [5, 5.41) is 6.43. The molecule has 0 spiro atoms. The van der Waals surface area contributed by atoms with Crippen molar-refractivity contribution >= 4 is 41.7 Å². The highest BCUT2D eigenvalue weighted by Crippen LogP contribution is 2.36. The molecular weight excluding hydrogens is 478 g/mol. The molecule has 4 nitrogen and oxygen atoms in total. The van der Waals surface area contributed by atoms with Gasteiger partial charge in [-0.25, -0.2) is 0 Å². The topological polar surface area (TPSA) is 45.7 Å². The number of alkyl halides is 3. The molecule has 1 aromatic rings. The van der Waals surface area contributed by atoms with Crippen LogP contribution < -0.4 is 15.4 Å². The number of nitrogens with zero attached hydrogens (tertiary/aromatic N) is 1. The number of nitrogens with one attached hydrogen (secondary N) is 2. The summed E-state index contributed by atoms with van der Waals surface area (Å²) in [4.78, 5) is 4.17. The zero-order valence-electron chi connectivity index (χ0n) is 14.9. The number of ether oxygens (including phenoxy) is 1. The minimum atomic E-state index is -4.35. The SMILES string of the molecule is CN=C(NCc1ccccc1OCC(F)(F)F)NCC1(C)CCCS1.I. The van der Waals surface area contributed by atoms with E-state index in [1.54, 1.807) is 25.2 Å². The van der Waals surface area contributed by atoms with E-state index in [2.05, 4.69) is 22.5 Å². The Hall–Kier alpha value is -0.840. The Morgan fingerprint density at radius 2 is 2.04 bits per heavy atom. The van der Waals surface area contributed by atoms with Crippen molar-refractivity contribution in [3.8, 4) is 5.75 Å². The lowest BCUT2D eigenvalue weighted by molar-refractivity contribution is -0.153. The van der Waals surface area contributed by atoms with Crippen molar-refractivity contribution in [2.24, 2.45) is 4.99 Å². The summed E-state index contributed by atoms with van der Waals surface area (Å²) in [6, 6.07) is 6.69. The molecule has 1 fully saturated rings. The van der Waals surface area contributed by atoms with Gasteiger partial charge in [0.15, 0.2) is 12.6 Å². The number of guanidine groups is 1. The smallest absolute Gasteiger partial charge is 0.422 e. The summed E-state index contributed by atoms with van der Waals surface area (Å²) in [6.45, 7) is 2.05. The number of para-hydroxylation sites is 1. The first kappa shape index (κ1) is 23.2. The minimum Gasteiger partial charge on any atom is -0.484 e. The van der Waals surface area contributed by atoms with Crippen molar-refractivity contribution < 1.29 is 17.9 Å². The molecule has 1 saturated heterocycles. The van der Waals surface area contributed by atoms with Crippen molar-refractivity contribution in [3.63, 3.8) is 0 Å². The van der Waals surface area contributed by atoms with Gasteiger partial charge >= 0.3 is 6.18 Å². The van der Waals surface area contributed by atoms with E-state index in [9.17, 15) is 13.2 Å².